The number of hydrogen-bond acceptors (Lipinski definition) is 8. The molecule has 1 aromatic heterocycles. The molecule has 0 fully saturated rings. The number of aryl methyl sites for hydroxylation is 1. The minimum Gasteiger partial charge on any atom is -0.383 e. The third-order valence-corrected chi connectivity index (χ3v) is 6.46. The van der Waals surface area contributed by atoms with Gasteiger partial charge in [-0.1, -0.05) is 0 Å². The van der Waals surface area contributed by atoms with E-state index < -0.39 is 42.7 Å². The maximum atomic E-state index is 14.0. The van der Waals surface area contributed by atoms with Gasteiger partial charge in [-0.05, 0) is 56.0 Å². The van der Waals surface area contributed by atoms with Gasteiger partial charge in [-0.25, -0.2) is 18.9 Å². The van der Waals surface area contributed by atoms with Crippen molar-refractivity contribution >= 4 is 43.0 Å². The number of alkyl halides is 3. The lowest BCUT2D eigenvalue weighted by atomic mass is 10.1. The fourth-order valence-corrected chi connectivity index (χ4v) is 4.10. The van der Waals surface area contributed by atoms with Gasteiger partial charge in [0.1, 0.15) is 17.5 Å². The summed E-state index contributed by atoms with van der Waals surface area (Å²) < 4.78 is 68.3. The molecule has 0 atom stereocenters. The summed E-state index contributed by atoms with van der Waals surface area (Å²) in [6.07, 6.45) is -1.42. The molecule has 0 bridgehead atoms. The first-order chi connectivity index (χ1) is 17.6. The SMILES string of the molecule is C/C(=C(\CCOP(=O)(O)O)SC(=O)/C=C/c1cc(C(F)(F)F)ccc1F)N(C=O)Cc1cnc(C)nc1N. The Morgan fingerprint density at radius 2 is 2.00 bits per heavy atom. The van der Waals surface area contributed by atoms with Gasteiger partial charge in [0.25, 0.3) is 0 Å². The van der Waals surface area contributed by atoms with Crippen LogP contribution in [-0.2, 0) is 31.4 Å². The molecule has 1 heterocycles. The number of hydrogen-bond donors (Lipinski definition) is 3. The van der Waals surface area contributed by atoms with Crippen molar-refractivity contribution in [2.75, 3.05) is 12.3 Å². The maximum absolute atomic E-state index is 14.0. The summed E-state index contributed by atoms with van der Waals surface area (Å²) in [6.45, 7) is 2.42. The van der Waals surface area contributed by atoms with Crippen molar-refractivity contribution in [2.24, 2.45) is 0 Å². The molecule has 10 nitrogen and oxygen atoms in total. The second kappa shape index (κ2) is 13.1. The Balaban J connectivity index is 2.33. The fraction of sp³-hybridized carbons (Fsp3) is 0.273. The van der Waals surface area contributed by atoms with E-state index in [2.05, 4.69) is 14.5 Å². The smallest absolute Gasteiger partial charge is 0.383 e. The average Bonchev–Trinajstić information content (AvgIpc) is 2.80. The molecule has 0 saturated heterocycles. The molecule has 2 aromatic rings. The van der Waals surface area contributed by atoms with E-state index in [4.69, 9.17) is 15.5 Å². The molecule has 1 aromatic carbocycles. The lowest BCUT2D eigenvalue weighted by molar-refractivity contribution is -0.137. The Hall–Kier alpha value is -3.10. The minimum atomic E-state index is -4.84. The number of benzene rings is 1. The number of allylic oxidation sites excluding steroid dienone is 1. The number of phosphoric ester groups is 1. The summed E-state index contributed by atoms with van der Waals surface area (Å²) in [5.41, 5.74) is 4.85. The van der Waals surface area contributed by atoms with Crippen molar-refractivity contribution in [2.45, 2.75) is 33.0 Å². The van der Waals surface area contributed by atoms with Crippen LogP contribution < -0.4 is 5.73 Å². The van der Waals surface area contributed by atoms with E-state index >= 15 is 0 Å². The molecule has 0 radical (unpaired) electrons. The predicted molar refractivity (Wildman–Crippen MR) is 131 cm³/mol. The van der Waals surface area contributed by atoms with Gasteiger partial charge in [-0.15, -0.1) is 0 Å². The zero-order chi connectivity index (χ0) is 28.7. The van der Waals surface area contributed by atoms with Gasteiger partial charge in [0.2, 0.25) is 11.5 Å². The molecule has 0 spiro atoms. The Labute approximate surface area is 218 Å². The van der Waals surface area contributed by atoms with Gasteiger partial charge in [-0.2, -0.15) is 13.2 Å². The van der Waals surface area contributed by atoms with Crippen molar-refractivity contribution in [3.05, 3.63) is 69.4 Å². The summed E-state index contributed by atoms with van der Waals surface area (Å²) in [7, 11) is -4.84. The second-order valence-corrected chi connectivity index (χ2v) is 9.97. The summed E-state index contributed by atoms with van der Waals surface area (Å²) >= 11 is 0.512. The molecule has 0 aliphatic rings. The first kappa shape index (κ1) is 31.1. The number of anilines is 1. The normalized spacial score (nSPS) is 12.9. The van der Waals surface area contributed by atoms with Crippen LogP contribution in [0.3, 0.4) is 0 Å². The molecule has 1 amide bonds. The number of rotatable bonds is 11. The summed E-state index contributed by atoms with van der Waals surface area (Å²) in [4.78, 5) is 51.6. The molecule has 0 unspecified atom stereocenters. The van der Waals surface area contributed by atoms with Crippen LogP contribution in [0.25, 0.3) is 6.08 Å². The molecular weight excluding hydrogens is 555 g/mol. The average molecular weight is 578 g/mol. The fourth-order valence-electron chi connectivity index (χ4n) is 2.94. The first-order valence-electron chi connectivity index (χ1n) is 10.6. The lowest BCUT2D eigenvalue weighted by Gasteiger charge is -2.22. The molecule has 4 N–H and O–H groups in total. The van der Waals surface area contributed by atoms with Gasteiger partial charge < -0.3 is 20.4 Å². The van der Waals surface area contributed by atoms with Crippen molar-refractivity contribution in [3.63, 3.8) is 0 Å². The molecule has 0 saturated carbocycles. The number of phosphoric acid groups is 1. The second-order valence-electron chi connectivity index (χ2n) is 7.63. The molecule has 2 rings (SSSR count). The van der Waals surface area contributed by atoms with Crippen LogP contribution in [0, 0.1) is 12.7 Å². The highest BCUT2D eigenvalue weighted by molar-refractivity contribution is 8.17. The van der Waals surface area contributed by atoms with Crippen LogP contribution in [0.4, 0.5) is 23.4 Å². The van der Waals surface area contributed by atoms with Gasteiger partial charge in [-0.3, -0.25) is 14.1 Å². The number of carbonyl (C=O) groups is 2. The maximum Gasteiger partial charge on any atom is 0.469 e. The van der Waals surface area contributed by atoms with Crippen LogP contribution in [0.2, 0.25) is 0 Å². The van der Waals surface area contributed by atoms with Crippen LogP contribution in [0.1, 0.15) is 35.9 Å². The van der Waals surface area contributed by atoms with Gasteiger partial charge >= 0.3 is 14.0 Å². The standard InChI is InChI=1S/C22H23F4N4O6PS/c1-13(30(12-31)11-16-10-28-14(2)29-21(16)27)19(7-8-36-37(33,34)35)38-20(32)6-3-15-9-17(22(24,25)26)4-5-18(15)23/h3-6,9-10,12H,7-8,11H2,1-2H3,(H2,27,28,29)(H2,33,34,35)/b6-3+,19-13-. The van der Waals surface area contributed by atoms with Gasteiger partial charge in [0.15, 0.2) is 0 Å². The van der Waals surface area contributed by atoms with E-state index in [1.165, 1.54) is 13.1 Å². The third kappa shape index (κ3) is 9.65. The zero-order valence-corrected chi connectivity index (χ0v) is 21.7. The van der Waals surface area contributed by atoms with E-state index in [0.717, 1.165) is 17.1 Å². The Bertz CT molecular complexity index is 1300. The Morgan fingerprint density at radius 1 is 1.32 bits per heavy atom. The number of nitrogen functional groups attached to an aromatic ring is 1. The monoisotopic (exact) mass is 578 g/mol. The number of halogens is 4. The highest BCUT2D eigenvalue weighted by Gasteiger charge is 2.30. The summed E-state index contributed by atoms with van der Waals surface area (Å²) in [5.74, 6) is -0.478. The molecule has 0 aliphatic carbocycles. The van der Waals surface area contributed by atoms with Crippen molar-refractivity contribution in [1.29, 1.82) is 0 Å². The molecule has 206 valence electrons. The summed E-state index contributed by atoms with van der Waals surface area (Å²) in [5, 5.41) is -0.767. The Morgan fingerprint density at radius 3 is 2.58 bits per heavy atom. The summed E-state index contributed by atoms with van der Waals surface area (Å²) in [6, 6.07) is 1.73. The molecular formula is C22H23F4N4O6PS. The number of nitrogens with two attached hydrogens (primary N) is 1. The highest BCUT2D eigenvalue weighted by atomic mass is 32.2. The van der Waals surface area contributed by atoms with Crippen LogP contribution in [-0.4, -0.2) is 42.8 Å². The number of amides is 1. The van der Waals surface area contributed by atoms with Gasteiger partial charge in [0.05, 0.1) is 18.7 Å². The van der Waals surface area contributed by atoms with Crippen molar-refractivity contribution in [3.8, 4) is 0 Å². The van der Waals surface area contributed by atoms with Gasteiger partial charge in [0, 0.05) is 34.3 Å². The molecule has 16 heteroatoms. The third-order valence-electron chi connectivity index (χ3n) is 4.86. The van der Waals surface area contributed by atoms with E-state index in [9.17, 15) is 31.7 Å². The number of carbonyl (C=O) groups excluding carboxylic acids is 2. The topological polar surface area (TPSA) is 156 Å². The minimum absolute atomic E-state index is 0.107. The highest BCUT2D eigenvalue weighted by Crippen LogP contribution is 2.37. The van der Waals surface area contributed by atoms with E-state index in [-0.39, 0.29) is 29.4 Å². The number of thioether (sulfide) groups is 1. The van der Waals surface area contributed by atoms with Crippen LogP contribution in [0.5, 0.6) is 0 Å². The Kier molecular flexibility index (Phi) is 10.7. The van der Waals surface area contributed by atoms with E-state index in [1.807, 2.05) is 0 Å². The quantitative estimate of drug-likeness (QED) is 0.153. The predicted octanol–water partition coefficient (Wildman–Crippen LogP) is 4.19. The van der Waals surface area contributed by atoms with Crippen LogP contribution in [0.15, 0.2) is 41.1 Å². The molecule has 0 aliphatic heterocycles. The molecule has 38 heavy (non-hydrogen) atoms. The zero-order valence-electron chi connectivity index (χ0n) is 20.0. The van der Waals surface area contributed by atoms with Crippen LogP contribution >= 0.6 is 19.6 Å². The van der Waals surface area contributed by atoms with Crippen molar-refractivity contribution < 1.29 is 46.0 Å². The van der Waals surface area contributed by atoms with E-state index in [1.54, 1.807) is 6.92 Å². The largest absolute Gasteiger partial charge is 0.469 e. The van der Waals surface area contributed by atoms with E-state index in [0.29, 0.717) is 47.8 Å². The number of nitrogens with zero attached hydrogens (tertiary/aromatic N) is 3. The lowest BCUT2D eigenvalue weighted by Crippen LogP contribution is -2.22. The van der Waals surface area contributed by atoms with Crippen molar-refractivity contribution in [1.82, 2.24) is 14.9 Å². The number of aromatic nitrogens is 2. The first-order valence-corrected chi connectivity index (χ1v) is 12.9.